The summed E-state index contributed by atoms with van der Waals surface area (Å²) in [6.07, 6.45) is 0.450. The Hall–Kier alpha value is -1.28. The van der Waals surface area contributed by atoms with Crippen molar-refractivity contribution in [2.45, 2.75) is 17.2 Å². The van der Waals surface area contributed by atoms with Crippen molar-refractivity contribution in [3.8, 4) is 0 Å². The molecule has 2 rings (SSSR count). The van der Waals surface area contributed by atoms with Crippen molar-refractivity contribution in [2.75, 3.05) is 13.6 Å². The smallest absolute Gasteiger partial charge is 0.250 e. The van der Waals surface area contributed by atoms with Gasteiger partial charge in [0.05, 0.1) is 0 Å². The third-order valence-electron chi connectivity index (χ3n) is 2.87. The summed E-state index contributed by atoms with van der Waals surface area (Å²) < 4.78 is 40.1. The highest BCUT2D eigenvalue weighted by atomic mass is 32.2. The summed E-state index contributed by atoms with van der Waals surface area (Å²) in [5, 5.41) is 4.79. The number of halogens is 1. The molecule has 0 aliphatic carbocycles. The molecule has 7 heteroatoms. The van der Waals surface area contributed by atoms with Crippen molar-refractivity contribution < 1.29 is 12.8 Å². The van der Waals surface area contributed by atoms with Crippen molar-refractivity contribution in [2.24, 2.45) is 0 Å². The number of sulfonamides is 1. The Bertz CT molecular complexity index is 699. The molecular formula is C14H17FN2O2S2. The quantitative estimate of drug-likeness (QED) is 0.818. The fraction of sp³-hybridized carbons (Fsp3) is 0.286. The lowest BCUT2D eigenvalue weighted by Gasteiger charge is -2.05. The molecule has 0 saturated heterocycles. The number of hydrogen-bond donors (Lipinski definition) is 2. The molecule has 1 heterocycles. The minimum absolute atomic E-state index is 0.241. The first-order chi connectivity index (χ1) is 10.0. The van der Waals surface area contributed by atoms with Crippen LogP contribution >= 0.6 is 11.3 Å². The molecule has 0 spiro atoms. The summed E-state index contributed by atoms with van der Waals surface area (Å²) in [7, 11) is -1.68. The van der Waals surface area contributed by atoms with Gasteiger partial charge in [-0.15, -0.1) is 11.3 Å². The van der Waals surface area contributed by atoms with Crippen LogP contribution in [0.1, 0.15) is 11.1 Å². The predicted octanol–water partition coefficient (Wildman–Crippen LogP) is 2.13. The molecule has 2 N–H and O–H groups in total. The Labute approximate surface area is 128 Å². The monoisotopic (exact) mass is 328 g/mol. The van der Waals surface area contributed by atoms with Gasteiger partial charge in [-0.1, -0.05) is 12.1 Å². The van der Waals surface area contributed by atoms with E-state index in [4.69, 9.17) is 0 Å². The second-order valence-corrected chi connectivity index (χ2v) is 7.49. The lowest BCUT2D eigenvalue weighted by molar-refractivity contribution is 0.583. The lowest BCUT2D eigenvalue weighted by Crippen LogP contribution is -2.25. The minimum atomic E-state index is -3.49. The van der Waals surface area contributed by atoms with E-state index in [2.05, 4.69) is 10.0 Å². The van der Waals surface area contributed by atoms with E-state index in [0.717, 1.165) is 11.1 Å². The fourth-order valence-corrected chi connectivity index (χ4v) is 4.17. The first-order valence-electron chi connectivity index (χ1n) is 6.47. The Balaban J connectivity index is 1.94. The van der Waals surface area contributed by atoms with Crippen LogP contribution in [0.3, 0.4) is 0 Å². The summed E-state index contributed by atoms with van der Waals surface area (Å²) in [5.74, 6) is -0.315. The highest BCUT2D eigenvalue weighted by molar-refractivity contribution is 7.91. The van der Waals surface area contributed by atoms with E-state index >= 15 is 0 Å². The summed E-state index contributed by atoms with van der Waals surface area (Å²) in [5.41, 5.74) is 1.70. The minimum Gasteiger partial charge on any atom is -0.316 e. The summed E-state index contributed by atoms with van der Waals surface area (Å²) >= 11 is 1.19. The van der Waals surface area contributed by atoms with E-state index < -0.39 is 10.0 Å². The Morgan fingerprint density at radius 3 is 2.76 bits per heavy atom. The molecular weight excluding hydrogens is 311 g/mol. The second-order valence-electron chi connectivity index (χ2n) is 4.58. The van der Waals surface area contributed by atoms with Crippen molar-refractivity contribution in [3.63, 3.8) is 0 Å². The summed E-state index contributed by atoms with van der Waals surface area (Å²) in [4.78, 5) is 0. The van der Waals surface area contributed by atoms with Gasteiger partial charge in [0.1, 0.15) is 10.0 Å². The topological polar surface area (TPSA) is 58.2 Å². The number of benzene rings is 1. The molecule has 4 nitrogen and oxygen atoms in total. The Kier molecular flexibility index (Phi) is 5.46. The van der Waals surface area contributed by atoms with Gasteiger partial charge in [0, 0.05) is 13.1 Å². The zero-order valence-electron chi connectivity index (χ0n) is 11.6. The normalized spacial score (nSPS) is 11.7. The van der Waals surface area contributed by atoms with E-state index in [1.807, 2.05) is 12.4 Å². The van der Waals surface area contributed by atoms with Crippen LogP contribution in [0.4, 0.5) is 4.39 Å². The molecule has 1 aromatic heterocycles. The molecule has 0 unspecified atom stereocenters. The first-order valence-corrected chi connectivity index (χ1v) is 8.83. The molecule has 0 aliphatic heterocycles. The van der Waals surface area contributed by atoms with Crippen LogP contribution in [-0.4, -0.2) is 22.0 Å². The molecule has 0 fully saturated rings. The van der Waals surface area contributed by atoms with E-state index in [9.17, 15) is 12.8 Å². The molecule has 0 amide bonds. The Morgan fingerprint density at radius 2 is 2.05 bits per heavy atom. The van der Waals surface area contributed by atoms with Crippen molar-refractivity contribution in [1.29, 1.82) is 0 Å². The standard InChI is InChI=1S/C14H17FN2O2S2/c1-16-9-12-8-14(20-10-12)21(18,19)17-6-5-11-3-2-4-13(15)7-11/h2-4,7-8,10,16-17H,5-6,9H2,1H3. The van der Waals surface area contributed by atoms with Crippen molar-refractivity contribution in [3.05, 3.63) is 52.7 Å². The van der Waals surface area contributed by atoms with Crippen LogP contribution in [-0.2, 0) is 23.0 Å². The molecule has 0 saturated carbocycles. The largest absolute Gasteiger partial charge is 0.316 e. The predicted molar refractivity (Wildman–Crippen MR) is 82.4 cm³/mol. The number of hydrogen-bond acceptors (Lipinski definition) is 4. The molecule has 0 atom stereocenters. The maximum atomic E-state index is 13.0. The SMILES string of the molecule is CNCc1csc(S(=O)(=O)NCCc2cccc(F)c2)c1. The zero-order chi connectivity index (χ0) is 15.3. The summed E-state index contributed by atoms with van der Waals surface area (Å²) in [6.45, 7) is 0.875. The van der Waals surface area contributed by atoms with E-state index in [1.54, 1.807) is 18.2 Å². The molecule has 0 aliphatic rings. The van der Waals surface area contributed by atoms with Gasteiger partial charge in [-0.3, -0.25) is 0 Å². The van der Waals surface area contributed by atoms with Gasteiger partial charge in [-0.05, 0) is 48.2 Å². The third kappa shape index (κ3) is 4.60. The zero-order valence-corrected chi connectivity index (χ0v) is 13.2. The molecule has 114 valence electrons. The van der Waals surface area contributed by atoms with Gasteiger partial charge in [0.15, 0.2) is 0 Å². The molecule has 21 heavy (non-hydrogen) atoms. The van der Waals surface area contributed by atoms with Gasteiger partial charge < -0.3 is 5.32 Å². The average Bonchev–Trinajstić information content (AvgIpc) is 2.88. The second kappa shape index (κ2) is 7.13. The molecule has 1 aromatic carbocycles. The first kappa shape index (κ1) is 16.1. The highest BCUT2D eigenvalue weighted by Crippen LogP contribution is 2.20. The third-order valence-corrected chi connectivity index (χ3v) is 5.82. The van der Waals surface area contributed by atoms with E-state index in [0.29, 0.717) is 17.2 Å². The number of rotatable bonds is 7. The van der Waals surface area contributed by atoms with Gasteiger partial charge in [-0.2, -0.15) is 0 Å². The van der Waals surface area contributed by atoms with Crippen LogP contribution in [0.2, 0.25) is 0 Å². The van der Waals surface area contributed by atoms with Crippen molar-refractivity contribution >= 4 is 21.4 Å². The highest BCUT2D eigenvalue weighted by Gasteiger charge is 2.16. The van der Waals surface area contributed by atoms with Crippen LogP contribution in [0.5, 0.6) is 0 Å². The molecule has 2 aromatic rings. The van der Waals surface area contributed by atoms with Crippen LogP contribution < -0.4 is 10.0 Å². The van der Waals surface area contributed by atoms with Gasteiger partial charge in [-0.25, -0.2) is 17.5 Å². The lowest BCUT2D eigenvalue weighted by atomic mass is 10.1. The average molecular weight is 328 g/mol. The Morgan fingerprint density at radius 1 is 1.24 bits per heavy atom. The van der Waals surface area contributed by atoms with Gasteiger partial charge >= 0.3 is 0 Å². The van der Waals surface area contributed by atoms with Gasteiger partial charge in [0.25, 0.3) is 0 Å². The van der Waals surface area contributed by atoms with Crippen LogP contribution in [0, 0.1) is 5.82 Å². The van der Waals surface area contributed by atoms with Crippen LogP contribution in [0.15, 0.2) is 39.9 Å². The van der Waals surface area contributed by atoms with Gasteiger partial charge in [0.2, 0.25) is 10.0 Å². The fourth-order valence-electron chi connectivity index (χ4n) is 1.88. The van der Waals surface area contributed by atoms with E-state index in [-0.39, 0.29) is 12.4 Å². The number of nitrogens with one attached hydrogen (secondary N) is 2. The molecule has 0 bridgehead atoms. The summed E-state index contributed by atoms with van der Waals surface area (Å²) in [6, 6.07) is 7.81. The van der Waals surface area contributed by atoms with Crippen molar-refractivity contribution in [1.82, 2.24) is 10.0 Å². The maximum Gasteiger partial charge on any atom is 0.250 e. The van der Waals surface area contributed by atoms with E-state index in [1.165, 1.54) is 23.5 Å². The van der Waals surface area contributed by atoms with Crippen LogP contribution in [0.25, 0.3) is 0 Å². The molecule has 0 radical (unpaired) electrons. The maximum absolute atomic E-state index is 13.0. The number of thiophene rings is 1.